The highest BCUT2D eigenvalue weighted by molar-refractivity contribution is 5.73. The average Bonchev–Trinajstić information content (AvgIpc) is 2.54. The summed E-state index contributed by atoms with van der Waals surface area (Å²) in [5.74, 6) is 2.02. The molecule has 2 aliphatic rings. The van der Waals surface area contributed by atoms with Crippen LogP contribution >= 0.6 is 0 Å². The van der Waals surface area contributed by atoms with E-state index in [4.69, 9.17) is 4.98 Å². The molecule has 0 saturated carbocycles. The molecule has 0 radical (unpaired) electrons. The van der Waals surface area contributed by atoms with Crippen LogP contribution in [0.5, 0.6) is 0 Å². The Balaban J connectivity index is 1.71. The monoisotopic (exact) mass is 303 g/mol. The molecule has 2 amide bonds. The number of urea groups is 1. The number of amides is 2. The van der Waals surface area contributed by atoms with Crippen molar-refractivity contribution in [2.45, 2.75) is 51.5 Å². The van der Waals surface area contributed by atoms with Gasteiger partial charge in [-0.3, -0.25) is 0 Å². The molecule has 120 valence electrons. The molecule has 3 rings (SSSR count). The summed E-state index contributed by atoms with van der Waals surface area (Å²) in [5.41, 5.74) is 2.61. The molecule has 6 nitrogen and oxygen atoms in total. The van der Waals surface area contributed by atoms with Crippen LogP contribution in [0.25, 0.3) is 0 Å². The molecule has 1 aliphatic carbocycles. The molecule has 1 aromatic rings. The summed E-state index contributed by atoms with van der Waals surface area (Å²) in [5, 5.41) is 5.62. The molecule has 2 N–H and O–H groups in total. The fraction of sp³-hybridized carbons (Fsp3) is 0.688. The highest BCUT2D eigenvalue weighted by Gasteiger charge is 2.25. The van der Waals surface area contributed by atoms with Crippen molar-refractivity contribution in [2.75, 3.05) is 25.0 Å². The van der Waals surface area contributed by atoms with E-state index in [1.165, 1.54) is 24.1 Å². The summed E-state index contributed by atoms with van der Waals surface area (Å²) in [6.45, 7) is 3.87. The van der Waals surface area contributed by atoms with Gasteiger partial charge in [-0.2, -0.15) is 0 Å². The Morgan fingerprint density at radius 1 is 1.18 bits per heavy atom. The largest absolute Gasteiger partial charge is 0.356 e. The molecule has 22 heavy (non-hydrogen) atoms. The number of piperidine rings is 1. The van der Waals surface area contributed by atoms with E-state index in [-0.39, 0.29) is 12.1 Å². The van der Waals surface area contributed by atoms with Crippen LogP contribution in [0.1, 0.15) is 42.8 Å². The smallest absolute Gasteiger partial charge is 0.314 e. The number of carbonyl (C=O) groups is 1. The fourth-order valence-electron chi connectivity index (χ4n) is 3.45. The summed E-state index contributed by atoms with van der Waals surface area (Å²) < 4.78 is 0. The summed E-state index contributed by atoms with van der Waals surface area (Å²) >= 11 is 0. The van der Waals surface area contributed by atoms with Crippen molar-refractivity contribution in [3.8, 4) is 0 Å². The molecule has 0 atom stereocenters. The minimum Gasteiger partial charge on any atom is -0.356 e. The highest BCUT2D eigenvalue weighted by atomic mass is 16.2. The zero-order valence-corrected chi connectivity index (χ0v) is 13.5. The van der Waals surface area contributed by atoms with E-state index in [2.05, 4.69) is 20.5 Å². The Kier molecular flexibility index (Phi) is 4.45. The predicted molar refractivity (Wildman–Crippen MR) is 86.2 cm³/mol. The van der Waals surface area contributed by atoms with Crippen LogP contribution in [0.2, 0.25) is 0 Å². The predicted octanol–water partition coefficient (Wildman–Crippen LogP) is 1.56. The van der Waals surface area contributed by atoms with E-state index >= 15 is 0 Å². The van der Waals surface area contributed by atoms with E-state index in [0.717, 1.165) is 50.4 Å². The van der Waals surface area contributed by atoms with Crippen molar-refractivity contribution < 1.29 is 4.79 Å². The van der Waals surface area contributed by atoms with Gasteiger partial charge in [-0.05, 0) is 45.4 Å². The summed E-state index contributed by atoms with van der Waals surface area (Å²) in [6, 6.07) is 0.170. The van der Waals surface area contributed by atoms with Crippen LogP contribution in [-0.2, 0) is 12.8 Å². The number of nitrogens with one attached hydrogen (secondary N) is 2. The van der Waals surface area contributed by atoms with E-state index in [9.17, 15) is 4.79 Å². The van der Waals surface area contributed by atoms with Crippen LogP contribution in [0.3, 0.4) is 0 Å². The first-order chi connectivity index (χ1) is 10.7. The van der Waals surface area contributed by atoms with Crippen molar-refractivity contribution in [3.63, 3.8) is 0 Å². The van der Waals surface area contributed by atoms with Crippen LogP contribution < -0.4 is 15.5 Å². The highest BCUT2D eigenvalue weighted by Crippen LogP contribution is 2.29. The lowest BCUT2D eigenvalue weighted by Gasteiger charge is -2.35. The van der Waals surface area contributed by atoms with Gasteiger partial charge in [0, 0.05) is 37.4 Å². The third-order valence-corrected chi connectivity index (χ3v) is 4.63. The number of hydrogen-bond donors (Lipinski definition) is 2. The van der Waals surface area contributed by atoms with Crippen molar-refractivity contribution in [1.29, 1.82) is 0 Å². The Labute approximate surface area is 131 Å². The fourth-order valence-corrected chi connectivity index (χ4v) is 3.45. The quantitative estimate of drug-likeness (QED) is 0.870. The SMILES string of the molecule is CNC(=O)NC1CCN(c2nc(C)nc3c2CCCC3)CC1. The lowest BCUT2D eigenvalue weighted by atomic mass is 9.95. The minimum absolute atomic E-state index is 0.0892. The molecule has 1 aliphatic heterocycles. The van der Waals surface area contributed by atoms with Gasteiger partial charge in [-0.15, -0.1) is 0 Å². The molecule has 6 heteroatoms. The van der Waals surface area contributed by atoms with E-state index in [0.29, 0.717) is 0 Å². The maximum Gasteiger partial charge on any atom is 0.314 e. The number of anilines is 1. The number of hydrogen-bond acceptors (Lipinski definition) is 4. The van der Waals surface area contributed by atoms with Gasteiger partial charge in [-0.1, -0.05) is 0 Å². The molecule has 1 fully saturated rings. The van der Waals surface area contributed by atoms with Crippen molar-refractivity contribution in [2.24, 2.45) is 0 Å². The van der Waals surface area contributed by atoms with Gasteiger partial charge in [-0.25, -0.2) is 14.8 Å². The maximum atomic E-state index is 11.4. The Morgan fingerprint density at radius 2 is 1.91 bits per heavy atom. The molecule has 1 saturated heterocycles. The third kappa shape index (κ3) is 3.15. The van der Waals surface area contributed by atoms with Gasteiger partial charge >= 0.3 is 6.03 Å². The minimum atomic E-state index is -0.0892. The zero-order valence-electron chi connectivity index (χ0n) is 13.5. The molecule has 2 heterocycles. The van der Waals surface area contributed by atoms with Crippen LogP contribution in [-0.4, -0.2) is 42.2 Å². The zero-order chi connectivity index (χ0) is 15.5. The molecular weight excluding hydrogens is 278 g/mol. The Morgan fingerprint density at radius 3 is 2.64 bits per heavy atom. The van der Waals surface area contributed by atoms with E-state index in [1.54, 1.807) is 7.05 Å². The standard InChI is InChI=1S/C16H25N5O/c1-11-18-14-6-4-3-5-13(14)15(19-11)21-9-7-12(8-10-21)20-16(22)17-2/h12H,3-10H2,1-2H3,(H2,17,20,22). The molecule has 0 unspecified atom stereocenters. The second kappa shape index (κ2) is 6.50. The molecular formula is C16H25N5O. The van der Waals surface area contributed by atoms with Crippen LogP contribution in [0, 0.1) is 6.92 Å². The summed E-state index contributed by atoms with van der Waals surface area (Å²) in [7, 11) is 1.65. The van der Waals surface area contributed by atoms with Crippen molar-refractivity contribution >= 4 is 11.8 Å². The topological polar surface area (TPSA) is 70.2 Å². The van der Waals surface area contributed by atoms with E-state index < -0.39 is 0 Å². The number of aromatic nitrogens is 2. The number of rotatable bonds is 2. The van der Waals surface area contributed by atoms with Gasteiger partial charge in [0.25, 0.3) is 0 Å². The Hall–Kier alpha value is -1.85. The first kappa shape index (κ1) is 15.1. The van der Waals surface area contributed by atoms with Crippen LogP contribution in [0.15, 0.2) is 0 Å². The van der Waals surface area contributed by atoms with Gasteiger partial charge < -0.3 is 15.5 Å². The average molecular weight is 303 g/mol. The van der Waals surface area contributed by atoms with Gasteiger partial charge in [0.1, 0.15) is 11.6 Å². The van der Waals surface area contributed by atoms with Gasteiger partial charge in [0.2, 0.25) is 0 Å². The molecule has 0 spiro atoms. The first-order valence-corrected chi connectivity index (χ1v) is 8.27. The second-order valence-corrected chi connectivity index (χ2v) is 6.21. The molecule has 0 aromatic carbocycles. The number of aryl methyl sites for hydroxylation is 2. The van der Waals surface area contributed by atoms with Crippen molar-refractivity contribution in [3.05, 3.63) is 17.1 Å². The molecule has 0 bridgehead atoms. The lowest BCUT2D eigenvalue weighted by molar-refractivity contribution is 0.236. The van der Waals surface area contributed by atoms with E-state index in [1.807, 2.05) is 6.92 Å². The van der Waals surface area contributed by atoms with Gasteiger partial charge in [0.05, 0.1) is 0 Å². The maximum absolute atomic E-state index is 11.4. The number of nitrogens with zero attached hydrogens (tertiary/aromatic N) is 3. The normalized spacial score (nSPS) is 18.7. The number of fused-ring (bicyclic) bond motifs is 1. The lowest BCUT2D eigenvalue weighted by Crippen LogP contribution is -2.47. The first-order valence-electron chi connectivity index (χ1n) is 8.27. The van der Waals surface area contributed by atoms with Crippen LogP contribution in [0.4, 0.5) is 10.6 Å². The summed E-state index contributed by atoms with van der Waals surface area (Å²) in [6.07, 6.45) is 6.58. The van der Waals surface area contributed by atoms with Crippen molar-refractivity contribution in [1.82, 2.24) is 20.6 Å². The number of carbonyl (C=O) groups excluding carboxylic acids is 1. The van der Waals surface area contributed by atoms with Gasteiger partial charge in [0.15, 0.2) is 0 Å². The summed E-state index contributed by atoms with van der Waals surface area (Å²) in [4.78, 5) is 23.1. The molecule has 1 aromatic heterocycles. The Bertz CT molecular complexity index is 552. The third-order valence-electron chi connectivity index (χ3n) is 4.63. The second-order valence-electron chi connectivity index (χ2n) is 6.21.